The molecule has 1 aliphatic heterocycles. The molecule has 1 aromatic heterocycles. The zero-order valence-electron chi connectivity index (χ0n) is 8.39. The fourth-order valence-electron chi connectivity index (χ4n) is 1.61. The maximum absolute atomic E-state index is 4.27. The van der Waals surface area contributed by atoms with E-state index >= 15 is 0 Å². The second-order valence-corrected chi connectivity index (χ2v) is 3.78. The first-order valence-corrected chi connectivity index (χ1v) is 4.71. The molecular weight excluding hydrogens is 162 g/mol. The SMILES string of the molecule is Cc1nnc(C2CNC2)c(C)c1C. The molecule has 1 aliphatic rings. The fourth-order valence-corrected chi connectivity index (χ4v) is 1.61. The van der Waals surface area contributed by atoms with E-state index in [2.05, 4.69) is 29.4 Å². The van der Waals surface area contributed by atoms with E-state index in [4.69, 9.17) is 0 Å². The van der Waals surface area contributed by atoms with Crippen molar-refractivity contribution in [2.75, 3.05) is 13.1 Å². The average Bonchev–Trinajstić information content (AvgIpc) is 2.03. The summed E-state index contributed by atoms with van der Waals surface area (Å²) in [5, 5.41) is 11.7. The third-order valence-electron chi connectivity index (χ3n) is 2.97. The first kappa shape index (κ1) is 8.63. The molecule has 1 fully saturated rings. The Morgan fingerprint density at radius 2 is 1.77 bits per heavy atom. The monoisotopic (exact) mass is 177 g/mol. The number of aryl methyl sites for hydroxylation is 1. The van der Waals surface area contributed by atoms with E-state index in [0.29, 0.717) is 5.92 Å². The summed E-state index contributed by atoms with van der Waals surface area (Å²) in [5.74, 6) is 0.590. The summed E-state index contributed by atoms with van der Waals surface area (Å²) in [6.45, 7) is 8.38. The fraction of sp³-hybridized carbons (Fsp3) is 0.600. The average molecular weight is 177 g/mol. The van der Waals surface area contributed by atoms with Crippen LogP contribution in [-0.4, -0.2) is 23.3 Å². The zero-order chi connectivity index (χ0) is 9.42. The molecule has 0 aliphatic carbocycles. The van der Waals surface area contributed by atoms with Crippen LogP contribution in [0.5, 0.6) is 0 Å². The van der Waals surface area contributed by atoms with Crippen molar-refractivity contribution < 1.29 is 0 Å². The number of rotatable bonds is 1. The molecular formula is C10H15N3. The lowest BCUT2D eigenvalue weighted by Crippen LogP contribution is -2.41. The van der Waals surface area contributed by atoms with E-state index in [1.54, 1.807) is 0 Å². The normalized spacial score (nSPS) is 17.2. The Bertz CT molecular complexity index is 329. The summed E-state index contributed by atoms with van der Waals surface area (Å²) in [4.78, 5) is 0. The predicted octanol–water partition coefficient (Wildman–Crippen LogP) is 1.09. The Morgan fingerprint density at radius 3 is 2.31 bits per heavy atom. The minimum absolute atomic E-state index is 0.590. The van der Waals surface area contributed by atoms with Crippen molar-refractivity contribution in [3.8, 4) is 0 Å². The van der Waals surface area contributed by atoms with Crippen LogP contribution in [0.1, 0.15) is 28.4 Å². The molecule has 0 unspecified atom stereocenters. The van der Waals surface area contributed by atoms with Gasteiger partial charge in [-0.3, -0.25) is 0 Å². The quantitative estimate of drug-likeness (QED) is 0.697. The van der Waals surface area contributed by atoms with Crippen molar-refractivity contribution in [2.24, 2.45) is 0 Å². The lowest BCUT2D eigenvalue weighted by atomic mass is 9.93. The van der Waals surface area contributed by atoms with Crippen LogP contribution in [-0.2, 0) is 0 Å². The molecule has 1 saturated heterocycles. The highest BCUT2D eigenvalue weighted by molar-refractivity contribution is 5.33. The van der Waals surface area contributed by atoms with E-state index in [0.717, 1.165) is 18.8 Å². The molecule has 70 valence electrons. The number of aromatic nitrogens is 2. The van der Waals surface area contributed by atoms with E-state index in [1.165, 1.54) is 16.8 Å². The van der Waals surface area contributed by atoms with Gasteiger partial charge < -0.3 is 5.32 Å². The molecule has 0 spiro atoms. The Morgan fingerprint density at radius 1 is 1.08 bits per heavy atom. The summed E-state index contributed by atoms with van der Waals surface area (Å²) < 4.78 is 0. The van der Waals surface area contributed by atoms with E-state index in [1.807, 2.05) is 6.92 Å². The summed E-state index contributed by atoms with van der Waals surface area (Å²) in [6.07, 6.45) is 0. The zero-order valence-corrected chi connectivity index (χ0v) is 8.39. The van der Waals surface area contributed by atoms with Crippen LogP contribution in [0.2, 0.25) is 0 Å². The van der Waals surface area contributed by atoms with Crippen molar-refractivity contribution in [3.63, 3.8) is 0 Å². The van der Waals surface area contributed by atoms with Crippen LogP contribution in [0, 0.1) is 20.8 Å². The van der Waals surface area contributed by atoms with Crippen LogP contribution >= 0.6 is 0 Å². The third kappa shape index (κ3) is 1.33. The Balaban J connectivity index is 2.41. The van der Waals surface area contributed by atoms with Gasteiger partial charge in [-0.15, -0.1) is 0 Å². The molecule has 1 N–H and O–H groups in total. The Kier molecular flexibility index (Phi) is 2.04. The topological polar surface area (TPSA) is 37.8 Å². The Labute approximate surface area is 78.6 Å². The summed E-state index contributed by atoms with van der Waals surface area (Å²) >= 11 is 0. The van der Waals surface area contributed by atoms with Crippen molar-refractivity contribution >= 4 is 0 Å². The molecule has 3 heteroatoms. The smallest absolute Gasteiger partial charge is 0.0719 e. The lowest BCUT2D eigenvalue weighted by molar-refractivity contribution is 0.433. The van der Waals surface area contributed by atoms with Crippen LogP contribution in [0.25, 0.3) is 0 Å². The highest BCUT2D eigenvalue weighted by Gasteiger charge is 2.23. The molecule has 13 heavy (non-hydrogen) atoms. The summed E-state index contributed by atoms with van der Waals surface area (Å²) in [6, 6.07) is 0. The van der Waals surface area contributed by atoms with Gasteiger partial charge >= 0.3 is 0 Å². The summed E-state index contributed by atoms with van der Waals surface area (Å²) in [5.41, 5.74) is 4.84. The van der Waals surface area contributed by atoms with Gasteiger partial charge in [0.2, 0.25) is 0 Å². The van der Waals surface area contributed by atoms with Gasteiger partial charge in [0.05, 0.1) is 11.4 Å². The summed E-state index contributed by atoms with van der Waals surface area (Å²) in [7, 11) is 0. The molecule has 0 aromatic carbocycles. The third-order valence-corrected chi connectivity index (χ3v) is 2.97. The number of hydrogen-bond acceptors (Lipinski definition) is 3. The van der Waals surface area contributed by atoms with Gasteiger partial charge in [-0.25, -0.2) is 0 Å². The van der Waals surface area contributed by atoms with Gasteiger partial charge in [-0.1, -0.05) is 0 Å². The maximum Gasteiger partial charge on any atom is 0.0719 e. The van der Waals surface area contributed by atoms with Gasteiger partial charge in [-0.05, 0) is 31.9 Å². The molecule has 2 heterocycles. The minimum Gasteiger partial charge on any atom is -0.315 e. The highest BCUT2D eigenvalue weighted by Crippen LogP contribution is 2.23. The number of nitrogens with one attached hydrogen (secondary N) is 1. The molecule has 1 aromatic rings. The van der Waals surface area contributed by atoms with E-state index in [9.17, 15) is 0 Å². The van der Waals surface area contributed by atoms with Crippen molar-refractivity contribution in [3.05, 3.63) is 22.5 Å². The number of nitrogens with zero attached hydrogens (tertiary/aromatic N) is 2. The standard InChI is InChI=1S/C10H15N3/c1-6-7(2)10(9-4-11-5-9)13-12-8(6)3/h9,11H,4-5H2,1-3H3. The second-order valence-electron chi connectivity index (χ2n) is 3.78. The first-order chi connectivity index (χ1) is 6.20. The van der Waals surface area contributed by atoms with Gasteiger partial charge in [0.1, 0.15) is 0 Å². The molecule has 0 amide bonds. The number of hydrogen-bond donors (Lipinski definition) is 1. The minimum atomic E-state index is 0.590. The lowest BCUT2D eigenvalue weighted by Gasteiger charge is -2.27. The Hall–Kier alpha value is -0.960. The van der Waals surface area contributed by atoms with Crippen molar-refractivity contribution in [1.29, 1.82) is 0 Å². The van der Waals surface area contributed by atoms with Gasteiger partial charge in [0.15, 0.2) is 0 Å². The molecule has 0 radical (unpaired) electrons. The van der Waals surface area contributed by atoms with Gasteiger partial charge in [-0.2, -0.15) is 10.2 Å². The molecule has 0 bridgehead atoms. The predicted molar refractivity (Wildman–Crippen MR) is 51.9 cm³/mol. The largest absolute Gasteiger partial charge is 0.315 e. The second kappa shape index (κ2) is 3.07. The van der Waals surface area contributed by atoms with Crippen LogP contribution in [0.15, 0.2) is 0 Å². The molecule has 3 nitrogen and oxygen atoms in total. The van der Waals surface area contributed by atoms with Crippen LogP contribution < -0.4 is 5.32 Å². The van der Waals surface area contributed by atoms with Crippen LogP contribution in [0.3, 0.4) is 0 Å². The maximum atomic E-state index is 4.27. The van der Waals surface area contributed by atoms with Gasteiger partial charge in [0, 0.05) is 19.0 Å². The van der Waals surface area contributed by atoms with E-state index in [-0.39, 0.29) is 0 Å². The molecule has 2 rings (SSSR count). The van der Waals surface area contributed by atoms with E-state index < -0.39 is 0 Å². The first-order valence-electron chi connectivity index (χ1n) is 4.71. The molecule has 0 saturated carbocycles. The highest BCUT2D eigenvalue weighted by atomic mass is 15.1. The van der Waals surface area contributed by atoms with Gasteiger partial charge in [0.25, 0.3) is 0 Å². The molecule has 0 atom stereocenters. The van der Waals surface area contributed by atoms with Crippen LogP contribution in [0.4, 0.5) is 0 Å². The van der Waals surface area contributed by atoms with Crippen molar-refractivity contribution in [2.45, 2.75) is 26.7 Å². The van der Waals surface area contributed by atoms with Crippen molar-refractivity contribution in [1.82, 2.24) is 15.5 Å².